The maximum atomic E-state index is 5.81. The van der Waals surface area contributed by atoms with E-state index in [0.717, 1.165) is 29.2 Å². The summed E-state index contributed by atoms with van der Waals surface area (Å²) >= 11 is 3.41. The second kappa shape index (κ2) is 4.88. The van der Waals surface area contributed by atoms with Crippen LogP contribution in [0.5, 0.6) is 5.75 Å². The Hall–Kier alpha value is -0.700. The monoisotopic (exact) mass is 269 g/mol. The Labute approximate surface area is 98.9 Å². The smallest absolute Gasteiger partial charge is 0.143 e. The molecule has 0 aliphatic heterocycles. The highest BCUT2D eigenvalue weighted by molar-refractivity contribution is 9.10. The third-order valence-corrected chi connectivity index (χ3v) is 3.48. The Bertz CT molecular complexity index is 336. The Morgan fingerprint density at radius 3 is 2.87 bits per heavy atom. The Morgan fingerprint density at radius 1 is 1.40 bits per heavy atom. The number of ether oxygens (including phenoxy) is 1. The van der Waals surface area contributed by atoms with Gasteiger partial charge in [0.25, 0.3) is 0 Å². The van der Waals surface area contributed by atoms with E-state index in [1.54, 1.807) is 0 Å². The van der Waals surface area contributed by atoms with Crippen LogP contribution in [0.15, 0.2) is 22.7 Å². The standard InChI is InChI=1S/C12H16BrNO/c13-10-4-5-11(14)12(8-10)15-7-6-9-2-1-3-9/h4-5,8-9H,1-3,6-7,14H2. The first-order chi connectivity index (χ1) is 7.25. The maximum absolute atomic E-state index is 5.81. The quantitative estimate of drug-likeness (QED) is 0.848. The van der Waals surface area contributed by atoms with Gasteiger partial charge in [0.2, 0.25) is 0 Å². The summed E-state index contributed by atoms with van der Waals surface area (Å²) in [5.74, 6) is 1.68. The lowest BCUT2D eigenvalue weighted by Crippen LogP contribution is -2.14. The first-order valence-corrected chi connectivity index (χ1v) is 6.23. The van der Waals surface area contributed by atoms with Gasteiger partial charge >= 0.3 is 0 Å². The van der Waals surface area contributed by atoms with Crippen molar-refractivity contribution in [3.8, 4) is 5.75 Å². The van der Waals surface area contributed by atoms with Crippen LogP contribution >= 0.6 is 15.9 Å². The number of nitrogens with two attached hydrogens (primary N) is 1. The highest BCUT2D eigenvalue weighted by atomic mass is 79.9. The van der Waals surface area contributed by atoms with Crippen molar-refractivity contribution < 1.29 is 4.74 Å². The van der Waals surface area contributed by atoms with Crippen molar-refractivity contribution in [2.24, 2.45) is 5.92 Å². The fourth-order valence-corrected chi connectivity index (χ4v) is 2.09. The zero-order valence-electron chi connectivity index (χ0n) is 8.71. The molecule has 0 saturated heterocycles. The first kappa shape index (κ1) is 10.8. The van der Waals surface area contributed by atoms with Crippen LogP contribution in [0, 0.1) is 5.92 Å². The van der Waals surface area contributed by atoms with Crippen LogP contribution in [0.4, 0.5) is 5.69 Å². The molecule has 82 valence electrons. The van der Waals surface area contributed by atoms with Crippen molar-refractivity contribution in [2.75, 3.05) is 12.3 Å². The van der Waals surface area contributed by atoms with Gasteiger partial charge < -0.3 is 10.5 Å². The second-order valence-corrected chi connectivity index (χ2v) is 5.03. The minimum absolute atomic E-state index is 0.715. The highest BCUT2D eigenvalue weighted by Crippen LogP contribution is 2.30. The number of anilines is 1. The average molecular weight is 270 g/mol. The summed E-state index contributed by atoms with van der Waals surface area (Å²) in [7, 11) is 0. The fourth-order valence-electron chi connectivity index (χ4n) is 1.75. The van der Waals surface area contributed by atoms with Crippen LogP contribution in [0.1, 0.15) is 25.7 Å². The van der Waals surface area contributed by atoms with Crippen LogP contribution in [0.2, 0.25) is 0 Å². The van der Waals surface area contributed by atoms with Crippen LogP contribution < -0.4 is 10.5 Å². The van der Waals surface area contributed by atoms with Crippen molar-refractivity contribution >= 4 is 21.6 Å². The largest absolute Gasteiger partial charge is 0.491 e. The maximum Gasteiger partial charge on any atom is 0.143 e. The zero-order chi connectivity index (χ0) is 10.7. The molecule has 2 nitrogen and oxygen atoms in total. The predicted octanol–water partition coefficient (Wildman–Crippen LogP) is 3.60. The molecule has 3 heteroatoms. The first-order valence-electron chi connectivity index (χ1n) is 5.43. The molecular weight excluding hydrogens is 254 g/mol. The van der Waals surface area contributed by atoms with Crippen molar-refractivity contribution in [3.05, 3.63) is 22.7 Å². The van der Waals surface area contributed by atoms with Gasteiger partial charge in [0, 0.05) is 4.47 Å². The number of hydrogen-bond donors (Lipinski definition) is 1. The zero-order valence-corrected chi connectivity index (χ0v) is 10.3. The summed E-state index contributed by atoms with van der Waals surface area (Å²) in [6.07, 6.45) is 5.30. The molecule has 0 bridgehead atoms. The number of hydrogen-bond acceptors (Lipinski definition) is 2. The lowest BCUT2D eigenvalue weighted by Gasteiger charge is -2.25. The third kappa shape index (κ3) is 2.88. The van der Waals surface area contributed by atoms with E-state index in [1.165, 1.54) is 19.3 Å². The number of benzene rings is 1. The SMILES string of the molecule is Nc1ccc(Br)cc1OCCC1CCC1. The summed E-state index contributed by atoms with van der Waals surface area (Å²) in [6, 6.07) is 5.72. The summed E-state index contributed by atoms with van der Waals surface area (Å²) < 4.78 is 6.68. The molecule has 1 aliphatic carbocycles. The minimum Gasteiger partial charge on any atom is -0.491 e. The van der Waals surface area contributed by atoms with E-state index < -0.39 is 0 Å². The van der Waals surface area contributed by atoms with E-state index in [9.17, 15) is 0 Å². The summed E-state index contributed by atoms with van der Waals surface area (Å²) in [6.45, 7) is 0.783. The fraction of sp³-hybridized carbons (Fsp3) is 0.500. The molecule has 0 radical (unpaired) electrons. The lowest BCUT2D eigenvalue weighted by atomic mass is 9.83. The van der Waals surface area contributed by atoms with E-state index in [4.69, 9.17) is 10.5 Å². The molecule has 0 atom stereocenters. The Balaban J connectivity index is 1.83. The topological polar surface area (TPSA) is 35.2 Å². The van der Waals surface area contributed by atoms with Crippen molar-refractivity contribution in [1.29, 1.82) is 0 Å². The normalized spacial score (nSPS) is 16.1. The summed E-state index contributed by atoms with van der Waals surface area (Å²) in [4.78, 5) is 0. The van der Waals surface area contributed by atoms with Gasteiger partial charge in [-0.3, -0.25) is 0 Å². The van der Waals surface area contributed by atoms with Gasteiger partial charge in [0.1, 0.15) is 5.75 Å². The predicted molar refractivity (Wildman–Crippen MR) is 66.0 cm³/mol. The summed E-state index contributed by atoms with van der Waals surface area (Å²) in [5, 5.41) is 0. The number of halogens is 1. The molecular formula is C12H16BrNO. The second-order valence-electron chi connectivity index (χ2n) is 4.12. The molecule has 1 aromatic carbocycles. The molecule has 15 heavy (non-hydrogen) atoms. The molecule has 1 fully saturated rings. The van der Waals surface area contributed by atoms with Crippen LogP contribution in [-0.4, -0.2) is 6.61 Å². The van der Waals surface area contributed by atoms with Gasteiger partial charge in [0.05, 0.1) is 12.3 Å². The minimum atomic E-state index is 0.715. The van der Waals surface area contributed by atoms with E-state index in [1.807, 2.05) is 18.2 Å². The van der Waals surface area contributed by atoms with Gasteiger partial charge in [-0.05, 0) is 30.5 Å². The van der Waals surface area contributed by atoms with E-state index in [0.29, 0.717) is 5.69 Å². The molecule has 1 saturated carbocycles. The van der Waals surface area contributed by atoms with Gasteiger partial charge in [0.15, 0.2) is 0 Å². The summed E-state index contributed by atoms with van der Waals surface area (Å²) in [5.41, 5.74) is 6.52. The molecule has 1 aromatic rings. The molecule has 2 N–H and O–H groups in total. The van der Waals surface area contributed by atoms with Crippen LogP contribution in [-0.2, 0) is 0 Å². The van der Waals surface area contributed by atoms with Gasteiger partial charge in [-0.1, -0.05) is 35.2 Å². The number of rotatable bonds is 4. The van der Waals surface area contributed by atoms with E-state index >= 15 is 0 Å². The molecule has 2 rings (SSSR count). The molecule has 1 aliphatic rings. The lowest BCUT2D eigenvalue weighted by molar-refractivity contribution is 0.222. The van der Waals surface area contributed by atoms with Gasteiger partial charge in [-0.25, -0.2) is 0 Å². The molecule has 0 heterocycles. The van der Waals surface area contributed by atoms with Crippen LogP contribution in [0.25, 0.3) is 0 Å². The molecule has 0 amide bonds. The van der Waals surface area contributed by atoms with Crippen molar-refractivity contribution in [2.45, 2.75) is 25.7 Å². The Kier molecular flexibility index (Phi) is 3.52. The highest BCUT2D eigenvalue weighted by Gasteiger charge is 2.16. The molecule has 0 unspecified atom stereocenters. The van der Waals surface area contributed by atoms with E-state index in [-0.39, 0.29) is 0 Å². The number of nitrogen functional groups attached to an aromatic ring is 1. The molecule has 0 aromatic heterocycles. The van der Waals surface area contributed by atoms with Crippen molar-refractivity contribution in [3.63, 3.8) is 0 Å². The Morgan fingerprint density at radius 2 is 2.20 bits per heavy atom. The van der Waals surface area contributed by atoms with Crippen LogP contribution in [0.3, 0.4) is 0 Å². The third-order valence-electron chi connectivity index (χ3n) is 2.98. The van der Waals surface area contributed by atoms with Gasteiger partial charge in [-0.2, -0.15) is 0 Å². The molecule has 0 spiro atoms. The van der Waals surface area contributed by atoms with Gasteiger partial charge in [-0.15, -0.1) is 0 Å². The van der Waals surface area contributed by atoms with Crippen molar-refractivity contribution in [1.82, 2.24) is 0 Å². The average Bonchev–Trinajstić information content (AvgIpc) is 2.15. The van der Waals surface area contributed by atoms with E-state index in [2.05, 4.69) is 15.9 Å².